The van der Waals surface area contributed by atoms with Gasteiger partial charge in [-0.05, 0) is 32.5 Å². The van der Waals surface area contributed by atoms with E-state index in [1.165, 1.54) is 63.1 Å². The first-order chi connectivity index (χ1) is 8.06. The van der Waals surface area contributed by atoms with Crippen molar-refractivity contribution in [1.29, 1.82) is 0 Å². The van der Waals surface area contributed by atoms with Crippen LogP contribution in [-0.4, -0.2) is 20.3 Å². The molecule has 0 amide bonds. The molecule has 3 heteroatoms. The molecule has 0 N–H and O–H groups in total. The van der Waals surface area contributed by atoms with E-state index >= 15 is 0 Å². The lowest BCUT2D eigenvalue weighted by atomic mass is 10.1. The second kappa shape index (κ2) is 11.7. The van der Waals surface area contributed by atoms with Gasteiger partial charge in [0.1, 0.15) is 0 Å². The van der Waals surface area contributed by atoms with Gasteiger partial charge in [-0.15, -0.1) is 0 Å². The Hall–Kier alpha value is 0.657. The lowest BCUT2D eigenvalue weighted by Gasteiger charge is -2.16. The van der Waals surface area contributed by atoms with Gasteiger partial charge in [-0.3, -0.25) is 0 Å². The molecule has 0 aromatic rings. The Morgan fingerprint density at radius 2 is 1.12 bits per heavy atom. The minimum Gasteiger partial charge on any atom is -0.418 e. The SMILES string of the molecule is C[Si](C)(C)OCCCCCCCCCCCBr. The van der Waals surface area contributed by atoms with E-state index in [-0.39, 0.29) is 0 Å². The van der Waals surface area contributed by atoms with Crippen molar-refractivity contribution in [3.8, 4) is 0 Å². The molecule has 0 saturated carbocycles. The minimum absolute atomic E-state index is 0.987. The molecule has 0 radical (unpaired) electrons. The Bertz CT molecular complexity index is 157. The molecule has 0 aliphatic heterocycles. The van der Waals surface area contributed by atoms with E-state index < -0.39 is 8.32 Å². The molecule has 0 aromatic carbocycles. The normalized spacial score (nSPS) is 12.0. The van der Waals surface area contributed by atoms with Crippen molar-refractivity contribution in [2.75, 3.05) is 11.9 Å². The van der Waals surface area contributed by atoms with Gasteiger partial charge in [-0.1, -0.05) is 60.9 Å². The number of hydrogen-bond acceptors (Lipinski definition) is 1. The number of halogens is 1. The molecule has 17 heavy (non-hydrogen) atoms. The summed E-state index contributed by atoms with van der Waals surface area (Å²) in [4.78, 5) is 0. The zero-order valence-electron chi connectivity index (χ0n) is 12.1. The molecule has 0 atom stereocenters. The van der Waals surface area contributed by atoms with Crippen molar-refractivity contribution in [2.45, 2.75) is 77.4 Å². The van der Waals surface area contributed by atoms with Crippen molar-refractivity contribution in [3.63, 3.8) is 0 Å². The Kier molecular flexibility index (Phi) is 12.2. The summed E-state index contributed by atoms with van der Waals surface area (Å²) in [6.45, 7) is 7.78. The average molecular weight is 323 g/mol. The van der Waals surface area contributed by atoms with Crippen molar-refractivity contribution in [1.82, 2.24) is 0 Å². The quantitative estimate of drug-likeness (QED) is 0.253. The van der Waals surface area contributed by atoms with E-state index in [0.717, 1.165) is 6.61 Å². The third-order valence-corrected chi connectivity index (χ3v) is 4.44. The van der Waals surface area contributed by atoms with Crippen LogP contribution in [0.1, 0.15) is 57.8 Å². The average Bonchev–Trinajstić information content (AvgIpc) is 2.24. The van der Waals surface area contributed by atoms with Gasteiger partial charge in [0.2, 0.25) is 0 Å². The summed E-state index contributed by atoms with van der Waals surface area (Å²) in [5, 5.41) is 1.17. The molecule has 0 rings (SSSR count). The maximum atomic E-state index is 5.84. The second-order valence-corrected chi connectivity index (χ2v) is 11.1. The second-order valence-electron chi connectivity index (χ2n) is 5.83. The monoisotopic (exact) mass is 322 g/mol. The van der Waals surface area contributed by atoms with Crippen LogP contribution in [0.3, 0.4) is 0 Å². The van der Waals surface area contributed by atoms with Crippen molar-refractivity contribution >= 4 is 24.2 Å². The zero-order valence-corrected chi connectivity index (χ0v) is 14.7. The highest BCUT2D eigenvalue weighted by Crippen LogP contribution is 2.11. The van der Waals surface area contributed by atoms with Crippen LogP contribution >= 0.6 is 15.9 Å². The summed E-state index contributed by atoms with van der Waals surface area (Å²) in [5.74, 6) is 0. The van der Waals surface area contributed by atoms with Gasteiger partial charge in [0.15, 0.2) is 8.32 Å². The highest BCUT2D eigenvalue weighted by molar-refractivity contribution is 9.09. The number of hydrogen-bond donors (Lipinski definition) is 0. The first-order valence-electron chi connectivity index (χ1n) is 7.26. The van der Waals surface area contributed by atoms with E-state index in [2.05, 4.69) is 35.6 Å². The van der Waals surface area contributed by atoms with Crippen LogP contribution in [-0.2, 0) is 4.43 Å². The molecule has 0 unspecified atom stereocenters. The molecule has 0 aliphatic carbocycles. The third kappa shape index (κ3) is 16.7. The summed E-state index contributed by atoms with van der Waals surface area (Å²) in [5.41, 5.74) is 0. The van der Waals surface area contributed by atoms with Gasteiger partial charge in [-0.2, -0.15) is 0 Å². The van der Waals surface area contributed by atoms with Gasteiger partial charge in [0.25, 0.3) is 0 Å². The number of rotatable bonds is 12. The summed E-state index contributed by atoms with van der Waals surface area (Å²) in [6.07, 6.45) is 12.4. The van der Waals surface area contributed by atoms with Crippen LogP contribution in [0.15, 0.2) is 0 Å². The summed E-state index contributed by atoms with van der Waals surface area (Å²) < 4.78 is 5.84. The fourth-order valence-corrected chi connectivity index (χ4v) is 2.97. The van der Waals surface area contributed by atoms with Gasteiger partial charge in [0.05, 0.1) is 0 Å². The molecule has 104 valence electrons. The van der Waals surface area contributed by atoms with Crippen LogP contribution in [0.25, 0.3) is 0 Å². The van der Waals surface area contributed by atoms with E-state index in [1.54, 1.807) is 0 Å². The van der Waals surface area contributed by atoms with E-state index in [0.29, 0.717) is 0 Å². The van der Waals surface area contributed by atoms with E-state index in [4.69, 9.17) is 4.43 Å². The summed E-state index contributed by atoms with van der Waals surface area (Å²) in [7, 11) is -1.26. The molecule has 0 saturated heterocycles. The van der Waals surface area contributed by atoms with Gasteiger partial charge < -0.3 is 4.43 Å². The van der Waals surface area contributed by atoms with Crippen LogP contribution in [0.5, 0.6) is 0 Å². The Morgan fingerprint density at radius 3 is 1.53 bits per heavy atom. The fraction of sp³-hybridized carbons (Fsp3) is 1.00. The van der Waals surface area contributed by atoms with Crippen molar-refractivity contribution < 1.29 is 4.43 Å². The molecule has 0 aliphatic rings. The van der Waals surface area contributed by atoms with Gasteiger partial charge in [-0.25, -0.2) is 0 Å². The first kappa shape index (κ1) is 17.7. The standard InChI is InChI=1S/C14H31BrOSi/c1-17(2,3)16-14-12-10-8-6-4-5-7-9-11-13-15/h4-14H2,1-3H3. The van der Waals surface area contributed by atoms with Gasteiger partial charge >= 0.3 is 0 Å². The predicted molar refractivity (Wildman–Crippen MR) is 84.6 cm³/mol. The maximum Gasteiger partial charge on any atom is 0.183 e. The molecular formula is C14H31BrOSi. The van der Waals surface area contributed by atoms with Crippen molar-refractivity contribution in [2.24, 2.45) is 0 Å². The van der Waals surface area contributed by atoms with Crippen molar-refractivity contribution in [3.05, 3.63) is 0 Å². The molecule has 0 bridgehead atoms. The molecule has 1 nitrogen and oxygen atoms in total. The number of alkyl halides is 1. The molecule has 0 heterocycles. The topological polar surface area (TPSA) is 9.23 Å². The highest BCUT2D eigenvalue weighted by Gasteiger charge is 2.12. The highest BCUT2D eigenvalue weighted by atomic mass is 79.9. The van der Waals surface area contributed by atoms with Crippen LogP contribution < -0.4 is 0 Å². The third-order valence-electron chi connectivity index (χ3n) is 2.81. The maximum absolute atomic E-state index is 5.84. The smallest absolute Gasteiger partial charge is 0.183 e. The van der Waals surface area contributed by atoms with Gasteiger partial charge in [0, 0.05) is 11.9 Å². The van der Waals surface area contributed by atoms with Crippen LogP contribution in [0.2, 0.25) is 19.6 Å². The molecule has 0 spiro atoms. The Morgan fingerprint density at radius 1 is 0.706 bits per heavy atom. The first-order valence-corrected chi connectivity index (χ1v) is 11.8. The fourth-order valence-electron chi connectivity index (χ4n) is 1.81. The predicted octanol–water partition coefficient (Wildman–Crippen LogP) is 5.74. The van der Waals surface area contributed by atoms with E-state index in [9.17, 15) is 0 Å². The Labute approximate surface area is 118 Å². The zero-order chi connectivity index (χ0) is 13.0. The Balaban J connectivity index is 2.99. The summed E-state index contributed by atoms with van der Waals surface area (Å²) in [6, 6.07) is 0. The van der Waals surface area contributed by atoms with Crippen LogP contribution in [0.4, 0.5) is 0 Å². The molecular weight excluding hydrogens is 292 g/mol. The summed E-state index contributed by atoms with van der Waals surface area (Å²) >= 11 is 3.47. The molecule has 0 fully saturated rings. The minimum atomic E-state index is -1.26. The lowest BCUT2D eigenvalue weighted by molar-refractivity contribution is 0.298. The largest absolute Gasteiger partial charge is 0.418 e. The van der Waals surface area contributed by atoms with Crippen LogP contribution in [0, 0.1) is 0 Å². The lowest BCUT2D eigenvalue weighted by Crippen LogP contribution is -2.25. The molecule has 0 aromatic heterocycles. The van der Waals surface area contributed by atoms with E-state index in [1.807, 2.05) is 0 Å². The number of unbranched alkanes of at least 4 members (excludes halogenated alkanes) is 8.